The Morgan fingerprint density at radius 2 is 0.393 bits per heavy atom. The molecular formula is C144H93N3O3. The first-order chi connectivity index (χ1) is 74.3. The second kappa shape index (κ2) is 37.4. The van der Waals surface area contributed by atoms with E-state index < -0.39 is 0 Å². The number of benzene rings is 24. The van der Waals surface area contributed by atoms with Gasteiger partial charge >= 0.3 is 0 Å². The van der Waals surface area contributed by atoms with E-state index in [1.807, 2.05) is 36.4 Å². The number of rotatable bonds is 18. The Bertz CT molecular complexity index is 9970. The summed E-state index contributed by atoms with van der Waals surface area (Å²) in [5.74, 6) is 0. The Kier molecular flexibility index (Phi) is 21.9. The van der Waals surface area contributed by atoms with Crippen LogP contribution < -0.4 is 14.7 Å². The van der Waals surface area contributed by atoms with Crippen LogP contribution in [0.2, 0.25) is 0 Å². The largest absolute Gasteiger partial charge is 0.456 e. The molecule has 3 aliphatic carbocycles. The van der Waals surface area contributed by atoms with Crippen molar-refractivity contribution in [3.63, 3.8) is 0 Å². The zero-order valence-corrected chi connectivity index (χ0v) is 81.8. The number of nitrogens with zero attached hydrogens (tertiary/aromatic N) is 3. The highest BCUT2D eigenvalue weighted by Gasteiger charge is 2.27. The molecule has 0 unspecified atom stereocenters. The van der Waals surface area contributed by atoms with Crippen LogP contribution in [0.1, 0.15) is 33.4 Å². The second-order valence-electron chi connectivity index (χ2n) is 38.8. The van der Waals surface area contributed by atoms with Crippen LogP contribution in [-0.4, -0.2) is 0 Å². The molecule has 702 valence electrons. The molecule has 0 N–H and O–H groups in total. The van der Waals surface area contributed by atoms with Gasteiger partial charge in [-0.1, -0.05) is 400 Å². The third kappa shape index (κ3) is 16.0. The average Bonchev–Trinajstić information content (AvgIpc) is 1.67. The maximum Gasteiger partial charge on any atom is 0.159 e. The summed E-state index contributed by atoms with van der Waals surface area (Å²) in [5.41, 5.74) is 44.5. The van der Waals surface area contributed by atoms with Crippen LogP contribution in [0.3, 0.4) is 0 Å². The number of anilines is 9. The number of para-hydroxylation sites is 4. The number of furan rings is 3. The van der Waals surface area contributed by atoms with E-state index in [1.54, 1.807) is 0 Å². The van der Waals surface area contributed by atoms with Crippen molar-refractivity contribution < 1.29 is 13.3 Å². The minimum absolute atomic E-state index is 0.874. The third-order valence-corrected chi connectivity index (χ3v) is 30.1. The van der Waals surface area contributed by atoms with Crippen LogP contribution in [0.4, 0.5) is 51.2 Å². The Balaban J connectivity index is 0.000000108. The van der Waals surface area contributed by atoms with E-state index in [2.05, 4.69) is 543 Å². The highest BCUT2D eigenvalue weighted by Crippen LogP contribution is 2.52. The second-order valence-corrected chi connectivity index (χ2v) is 38.8. The van der Waals surface area contributed by atoms with Gasteiger partial charge in [0.15, 0.2) is 5.58 Å². The summed E-state index contributed by atoms with van der Waals surface area (Å²) in [5, 5.41) is 14.5. The molecule has 0 bridgehead atoms. The van der Waals surface area contributed by atoms with Crippen molar-refractivity contribution in [1.82, 2.24) is 0 Å². The van der Waals surface area contributed by atoms with Gasteiger partial charge in [0.1, 0.15) is 27.9 Å². The molecule has 3 aromatic heterocycles. The summed E-state index contributed by atoms with van der Waals surface area (Å²) in [6.07, 6.45) is 13.5. The fraction of sp³-hybridized carbons (Fsp3) is 0. The van der Waals surface area contributed by atoms with Crippen molar-refractivity contribution in [3.05, 3.63) is 561 Å². The van der Waals surface area contributed by atoms with E-state index >= 15 is 0 Å². The van der Waals surface area contributed by atoms with Gasteiger partial charge < -0.3 is 28.0 Å². The Morgan fingerprint density at radius 3 is 0.787 bits per heavy atom. The molecule has 0 fully saturated rings. The predicted octanol–water partition coefficient (Wildman–Crippen LogP) is 41.1. The Hall–Kier alpha value is -19.9. The predicted molar refractivity (Wildman–Crippen MR) is 633 cm³/mol. The highest BCUT2D eigenvalue weighted by molar-refractivity contribution is 6.18. The van der Waals surface area contributed by atoms with Crippen LogP contribution in [0.25, 0.3) is 235 Å². The smallest absolute Gasteiger partial charge is 0.159 e. The molecule has 0 amide bonds. The molecule has 0 radical (unpaired) electrons. The lowest BCUT2D eigenvalue weighted by atomic mass is 9.91. The van der Waals surface area contributed by atoms with Crippen molar-refractivity contribution in [2.75, 3.05) is 14.7 Å². The first-order valence-electron chi connectivity index (χ1n) is 51.3. The van der Waals surface area contributed by atoms with E-state index in [4.69, 9.17) is 13.3 Å². The van der Waals surface area contributed by atoms with Crippen molar-refractivity contribution >= 4 is 186 Å². The van der Waals surface area contributed by atoms with Crippen LogP contribution in [0, 0.1) is 0 Å². The molecule has 0 saturated heterocycles. The van der Waals surface area contributed by atoms with Crippen molar-refractivity contribution in [2.24, 2.45) is 0 Å². The zero-order chi connectivity index (χ0) is 99.1. The molecule has 0 aliphatic heterocycles. The number of hydrogen-bond acceptors (Lipinski definition) is 6. The summed E-state index contributed by atoms with van der Waals surface area (Å²) < 4.78 is 19.1. The highest BCUT2D eigenvalue weighted by atomic mass is 16.3. The van der Waals surface area contributed by atoms with Gasteiger partial charge in [0.2, 0.25) is 0 Å². The summed E-state index contributed by atoms with van der Waals surface area (Å²) >= 11 is 0. The fourth-order valence-electron chi connectivity index (χ4n) is 22.8. The van der Waals surface area contributed by atoms with Crippen LogP contribution in [-0.2, 0) is 0 Å². The fourth-order valence-corrected chi connectivity index (χ4v) is 22.8. The van der Waals surface area contributed by atoms with E-state index in [-0.39, 0.29) is 0 Å². The lowest BCUT2D eigenvalue weighted by Gasteiger charge is -2.26. The molecule has 3 heterocycles. The molecular weight excluding hydrogens is 1820 g/mol. The van der Waals surface area contributed by atoms with Crippen molar-refractivity contribution in [2.45, 2.75) is 0 Å². The van der Waals surface area contributed by atoms with Gasteiger partial charge in [0.25, 0.3) is 0 Å². The lowest BCUT2D eigenvalue weighted by molar-refractivity contribution is 0.668. The van der Waals surface area contributed by atoms with E-state index in [0.29, 0.717) is 0 Å². The van der Waals surface area contributed by atoms with Crippen LogP contribution in [0.5, 0.6) is 0 Å². The summed E-state index contributed by atoms with van der Waals surface area (Å²) in [7, 11) is 0. The topological polar surface area (TPSA) is 49.1 Å². The average molecular weight is 1910 g/mol. The van der Waals surface area contributed by atoms with Gasteiger partial charge in [-0.15, -0.1) is 0 Å². The molecule has 0 saturated carbocycles. The molecule has 27 aromatic rings. The minimum atomic E-state index is 0.874. The Morgan fingerprint density at radius 1 is 0.127 bits per heavy atom. The maximum absolute atomic E-state index is 6.56. The summed E-state index contributed by atoms with van der Waals surface area (Å²) in [6.45, 7) is 0. The van der Waals surface area contributed by atoms with Crippen LogP contribution in [0.15, 0.2) is 541 Å². The molecule has 6 heteroatoms. The van der Waals surface area contributed by atoms with Crippen molar-refractivity contribution in [1.29, 1.82) is 0 Å². The molecule has 24 aromatic carbocycles. The van der Waals surface area contributed by atoms with Gasteiger partial charge in [0.05, 0.1) is 16.8 Å². The molecule has 0 spiro atoms. The normalized spacial score (nSPS) is 11.9. The molecule has 150 heavy (non-hydrogen) atoms. The minimum Gasteiger partial charge on any atom is -0.456 e. The molecule has 3 aliphatic rings. The lowest BCUT2D eigenvalue weighted by Crippen LogP contribution is -2.10. The number of fused-ring (bicyclic) bond motifs is 9. The van der Waals surface area contributed by atoms with Gasteiger partial charge in [-0.3, -0.25) is 0 Å². The van der Waals surface area contributed by atoms with E-state index in [1.165, 1.54) is 166 Å². The summed E-state index contributed by atoms with van der Waals surface area (Å²) in [6, 6.07) is 189. The quantitative estimate of drug-likeness (QED) is 0.0853. The van der Waals surface area contributed by atoms with Gasteiger partial charge in [0, 0.05) is 66.7 Å². The van der Waals surface area contributed by atoms with Crippen LogP contribution >= 0.6 is 0 Å². The van der Waals surface area contributed by atoms with Gasteiger partial charge in [-0.25, -0.2) is 0 Å². The standard InChI is InChI=1S/3C48H31NO/c1-3-10-32(11-4-1)33-20-25-39(26-21-33)49(45-16-9-15-43-42-14-7-8-17-46(42)50-48(43)45)40-27-22-34(23-28-40)38-30-37-19-18-36-24-29-41(44(31-38)47(36)37)35-12-5-2-6-13-35;1-3-10-32(11-4-1)33-20-25-39(26-21-33)49(44-15-9-17-46-48(44)42-14-7-8-16-45(42)50-46)40-27-22-34(23-28-40)38-30-37-19-18-36-24-29-41(43(31-38)47(36)37)35-12-5-2-6-13-35;1-3-9-32(10-4-1)33-17-22-39(23-18-33)49(41-26-28-47-44(31-41)43-13-7-8-14-46(43)50-47)40-24-19-34(20-25-40)38-29-37-16-15-36-21-27-42(45(30-38)48(36)37)35-11-5-2-6-12-35/h3*1-31H. The van der Waals surface area contributed by atoms with E-state index in [0.717, 1.165) is 117 Å². The van der Waals surface area contributed by atoms with Gasteiger partial charge in [-0.2, -0.15) is 0 Å². The number of hydrogen-bond donors (Lipinski definition) is 0. The Labute approximate surface area is 868 Å². The first-order valence-corrected chi connectivity index (χ1v) is 51.3. The molecule has 6 nitrogen and oxygen atoms in total. The maximum atomic E-state index is 6.56. The van der Waals surface area contributed by atoms with Gasteiger partial charge in [-0.05, 0) is 330 Å². The monoisotopic (exact) mass is 1910 g/mol. The molecule has 30 rings (SSSR count). The third-order valence-electron chi connectivity index (χ3n) is 30.1. The SMILES string of the molecule is C1=Cc2cc(-c3ccc(N(c4ccc(-c5ccccc5)cc4)c4ccc5oc6ccccc6c5c4)cc3)cc3c(-c4ccccc4)ccc1c23.C1=Cc2cc(-c3ccc(N(c4ccc(-c5ccccc5)cc4)c4cccc5c4oc4ccccc45)cc3)cc3c(-c4ccccc4)ccc1c23.C1=Cc2cc(-c3ccc(N(c4ccc(-c5ccccc5)cc4)c4cccc5oc6ccccc6c45)cc3)cc3c(-c4ccccc4)ccc1c23. The van der Waals surface area contributed by atoms with E-state index in [9.17, 15) is 0 Å². The zero-order valence-electron chi connectivity index (χ0n) is 81.8. The molecule has 0 atom stereocenters. The first kappa shape index (κ1) is 87.8. The van der Waals surface area contributed by atoms with Crippen molar-refractivity contribution in [3.8, 4) is 100 Å². The summed E-state index contributed by atoms with van der Waals surface area (Å²) in [4.78, 5) is 7.00.